The number of aliphatic imine (C=N–C) groups is 1. The molecule has 3 aromatic rings. The average Bonchev–Trinajstić information content (AvgIpc) is 3.27. The maximum absolute atomic E-state index is 4.72. The first-order valence-corrected chi connectivity index (χ1v) is 8.79. The second-order valence-electron chi connectivity index (χ2n) is 6.10. The zero-order chi connectivity index (χ0) is 18.4. The fraction of sp³-hybridized carbons (Fsp3) is 0.316. The highest BCUT2D eigenvalue weighted by atomic mass is 127. The topological polar surface area (TPSA) is 82.9 Å². The van der Waals surface area contributed by atoms with E-state index < -0.39 is 0 Å². The Morgan fingerprint density at radius 3 is 2.67 bits per heavy atom. The van der Waals surface area contributed by atoms with Gasteiger partial charge in [-0.3, -0.25) is 5.10 Å². The van der Waals surface area contributed by atoms with Crippen molar-refractivity contribution in [3.05, 3.63) is 65.2 Å². The molecule has 1 aromatic carbocycles. The van der Waals surface area contributed by atoms with Crippen molar-refractivity contribution in [1.82, 2.24) is 30.6 Å². The quantitative estimate of drug-likeness (QED) is 0.288. The van der Waals surface area contributed by atoms with Crippen molar-refractivity contribution in [2.45, 2.75) is 33.9 Å². The van der Waals surface area contributed by atoms with E-state index in [1.807, 2.05) is 29.8 Å². The van der Waals surface area contributed by atoms with Gasteiger partial charge < -0.3 is 10.6 Å². The van der Waals surface area contributed by atoms with Crippen LogP contribution in [0.4, 0.5) is 0 Å². The molecule has 0 aliphatic carbocycles. The number of halogens is 1. The van der Waals surface area contributed by atoms with Crippen LogP contribution in [0, 0.1) is 13.8 Å². The zero-order valence-electron chi connectivity index (χ0n) is 15.9. The lowest BCUT2D eigenvalue weighted by Gasteiger charge is -2.12. The summed E-state index contributed by atoms with van der Waals surface area (Å²) in [5.41, 5.74) is 5.32. The van der Waals surface area contributed by atoms with Crippen LogP contribution >= 0.6 is 24.0 Å². The highest BCUT2D eigenvalue weighted by Crippen LogP contribution is 2.17. The molecule has 0 spiro atoms. The summed E-state index contributed by atoms with van der Waals surface area (Å²) < 4.78 is 1.98. The first-order valence-electron chi connectivity index (χ1n) is 8.79. The number of rotatable bonds is 6. The molecule has 0 radical (unpaired) electrons. The first-order chi connectivity index (χ1) is 12.7. The van der Waals surface area contributed by atoms with Gasteiger partial charge in [-0.05, 0) is 44.5 Å². The molecule has 8 heteroatoms. The van der Waals surface area contributed by atoms with E-state index in [0.717, 1.165) is 40.8 Å². The summed E-state index contributed by atoms with van der Waals surface area (Å²) in [7, 11) is 0. The highest BCUT2D eigenvalue weighted by molar-refractivity contribution is 14.0. The number of hydrogen-bond donors (Lipinski definition) is 3. The van der Waals surface area contributed by atoms with Gasteiger partial charge in [-0.1, -0.05) is 18.2 Å². The van der Waals surface area contributed by atoms with Crippen molar-refractivity contribution in [2.24, 2.45) is 4.99 Å². The molecule has 0 aliphatic heterocycles. The normalized spacial score (nSPS) is 11.1. The minimum absolute atomic E-state index is 0. The lowest BCUT2D eigenvalue weighted by molar-refractivity contribution is 0.788. The van der Waals surface area contributed by atoms with Crippen molar-refractivity contribution in [3.8, 4) is 5.69 Å². The molecule has 0 atom stereocenters. The second kappa shape index (κ2) is 10.1. The number of benzene rings is 1. The average molecular weight is 479 g/mol. The van der Waals surface area contributed by atoms with Crippen LogP contribution in [0.1, 0.15) is 29.6 Å². The van der Waals surface area contributed by atoms with Crippen molar-refractivity contribution in [3.63, 3.8) is 0 Å². The van der Waals surface area contributed by atoms with E-state index in [1.54, 1.807) is 6.20 Å². The van der Waals surface area contributed by atoms with E-state index in [4.69, 9.17) is 4.99 Å². The summed E-state index contributed by atoms with van der Waals surface area (Å²) in [4.78, 5) is 4.72. The third-order valence-electron chi connectivity index (χ3n) is 3.99. The van der Waals surface area contributed by atoms with Crippen molar-refractivity contribution in [1.29, 1.82) is 0 Å². The number of guanidine groups is 1. The molecule has 7 nitrogen and oxygen atoms in total. The highest BCUT2D eigenvalue weighted by Gasteiger charge is 2.08. The molecular weight excluding hydrogens is 453 g/mol. The number of aromatic amines is 1. The summed E-state index contributed by atoms with van der Waals surface area (Å²) in [6.45, 7) is 8.13. The van der Waals surface area contributed by atoms with Crippen molar-refractivity contribution >= 4 is 29.9 Å². The van der Waals surface area contributed by atoms with Crippen LogP contribution in [-0.4, -0.2) is 32.5 Å². The van der Waals surface area contributed by atoms with Crippen LogP contribution in [0.25, 0.3) is 5.69 Å². The first kappa shape index (κ1) is 20.9. The Kier molecular flexibility index (Phi) is 7.83. The summed E-state index contributed by atoms with van der Waals surface area (Å²) in [6, 6.07) is 12.2. The lowest BCUT2D eigenvalue weighted by Crippen LogP contribution is -2.36. The predicted octanol–water partition coefficient (Wildman–Crippen LogP) is 3.09. The fourth-order valence-corrected chi connectivity index (χ4v) is 2.79. The van der Waals surface area contributed by atoms with Gasteiger partial charge >= 0.3 is 0 Å². The fourth-order valence-electron chi connectivity index (χ4n) is 2.79. The molecule has 27 heavy (non-hydrogen) atoms. The molecule has 144 valence electrons. The van der Waals surface area contributed by atoms with E-state index in [0.29, 0.717) is 13.1 Å². The number of nitrogens with one attached hydrogen (secondary N) is 3. The van der Waals surface area contributed by atoms with Gasteiger partial charge in [-0.2, -0.15) is 10.2 Å². The van der Waals surface area contributed by atoms with E-state index in [1.165, 1.54) is 0 Å². The Bertz CT molecular complexity index is 868. The third-order valence-corrected chi connectivity index (χ3v) is 3.99. The molecule has 2 heterocycles. The SMILES string of the molecule is CCNC(=NCc1ccccc1-n1nc(C)cc1C)NCc1ccn[nH]1.I. The van der Waals surface area contributed by atoms with Gasteiger partial charge in [0.05, 0.1) is 30.2 Å². The molecule has 0 fully saturated rings. The van der Waals surface area contributed by atoms with Gasteiger partial charge in [-0.25, -0.2) is 9.67 Å². The summed E-state index contributed by atoms with van der Waals surface area (Å²) >= 11 is 0. The van der Waals surface area contributed by atoms with E-state index in [2.05, 4.69) is 58.0 Å². The molecule has 0 aliphatic rings. The van der Waals surface area contributed by atoms with E-state index in [9.17, 15) is 0 Å². The van der Waals surface area contributed by atoms with Gasteiger partial charge in [0.1, 0.15) is 0 Å². The Morgan fingerprint density at radius 2 is 2.00 bits per heavy atom. The number of aromatic nitrogens is 4. The number of hydrogen-bond acceptors (Lipinski definition) is 3. The monoisotopic (exact) mass is 479 g/mol. The second-order valence-corrected chi connectivity index (χ2v) is 6.10. The maximum atomic E-state index is 4.72. The molecule has 0 saturated carbocycles. The van der Waals surface area contributed by atoms with Crippen LogP contribution in [0.15, 0.2) is 47.6 Å². The lowest BCUT2D eigenvalue weighted by atomic mass is 10.2. The number of aryl methyl sites for hydroxylation is 2. The molecule has 2 aromatic heterocycles. The Morgan fingerprint density at radius 1 is 1.19 bits per heavy atom. The third kappa shape index (κ3) is 5.56. The Balaban J connectivity index is 0.00000261. The van der Waals surface area contributed by atoms with Crippen LogP contribution in [0.2, 0.25) is 0 Å². The minimum Gasteiger partial charge on any atom is -0.357 e. The summed E-state index contributed by atoms with van der Waals surface area (Å²) in [5, 5.41) is 18.1. The van der Waals surface area contributed by atoms with Crippen molar-refractivity contribution < 1.29 is 0 Å². The van der Waals surface area contributed by atoms with Crippen molar-refractivity contribution in [2.75, 3.05) is 6.54 Å². The molecule has 3 N–H and O–H groups in total. The zero-order valence-corrected chi connectivity index (χ0v) is 18.2. The van der Waals surface area contributed by atoms with Gasteiger partial charge in [0.15, 0.2) is 5.96 Å². The van der Waals surface area contributed by atoms with Crippen LogP contribution in [0.3, 0.4) is 0 Å². The molecule has 0 saturated heterocycles. The number of para-hydroxylation sites is 1. The molecule has 0 bridgehead atoms. The largest absolute Gasteiger partial charge is 0.357 e. The Hall–Kier alpha value is -2.36. The number of nitrogens with zero attached hydrogens (tertiary/aromatic N) is 4. The smallest absolute Gasteiger partial charge is 0.191 e. The van der Waals surface area contributed by atoms with Crippen LogP contribution in [0.5, 0.6) is 0 Å². The Labute approximate surface area is 176 Å². The van der Waals surface area contributed by atoms with E-state index in [-0.39, 0.29) is 24.0 Å². The summed E-state index contributed by atoms with van der Waals surface area (Å²) in [6.07, 6.45) is 1.74. The van der Waals surface area contributed by atoms with Crippen LogP contribution < -0.4 is 10.6 Å². The minimum atomic E-state index is 0. The van der Waals surface area contributed by atoms with Crippen LogP contribution in [-0.2, 0) is 13.1 Å². The molecular formula is C19H26IN7. The van der Waals surface area contributed by atoms with Gasteiger partial charge in [-0.15, -0.1) is 24.0 Å². The summed E-state index contributed by atoms with van der Waals surface area (Å²) in [5.74, 6) is 0.769. The van der Waals surface area contributed by atoms with Gasteiger partial charge in [0.25, 0.3) is 0 Å². The molecule has 0 unspecified atom stereocenters. The van der Waals surface area contributed by atoms with E-state index >= 15 is 0 Å². The molecule has 0 amide bonds. The standard InChI is InChI=1S/C19H25N7.HI/c1-4-20-19(22-13-17-9-10-23-24-17)21-12-16-7-5-6-8-18(16)26-15(3)11-14(2)25-26;/h5-11H,4,12-13H2,1-3H3,(H,23,24)(H2,20,21,22);1H. The van der Waals surface area contributed by atoms with Gasteiger partial charge in [0.2, 0.25) is 0 Å². The maximum Gasteiger partial charge on any atom is 0.191 e. The van der Waals surface area contributed by atoms with Gasteiger partial charge in [0, 0.05) is 18.4 Å². The predicted molar refractivity (Wildman–Crippen MR) is 119 cm³/mol. The number of H-pyrrole nitrogens is 1. The molecule has 3 rings (SSSR count).